The third-order valence-corrected chi connectivity index (χ3v) is 6.90. The standard InChI is InChI=1S/C28H30ClF4N3O2/c1-3-14-38-22-9-10-24(23(29)15-22)36-13-12-35(17-25(36)19-4-7-21(30)8-5-19)18-27(2,37)26-11-6-20(16-34-26)28(31,32)33/h4-11,15-16,25,37H,3,12-14,17-18H2,1-2H3/t25-,27+/m0/s1. The molecule has 2 heterocycles. The predicted molar refractivity (Wildman–Crippen MR) is 139 cm³/mol. The van der Waals surface area contributed by atoms with Crippen molar-refractivity contribution in [3.05, 3.63) is 88.5 Å². The number of rotatable bonds is 8. The van der Waals surface area contributed by atoms with E-state index in [4.69, 9.17) is 16.3 Å². The van der Waals surface area contributed by atoms with Gasteiger partial charge in [-0.25, -0.2) is 4.39 Å². The third-order valence-electron chi connectivity index (χ3n) is 6.59. The zero-order chi connectivity index (χ0) is 27.5. The lowest BCUT2D eigenvalue weighted by molar-refractivity contribution is -0.137. The number of aromatic nitrogens is 1. The van der Waals surface area contributed by atoms with Crippen molar-refractivity contribution in [2.45, 2.75) is 38.1 Å². The molecule has 0 spiro atoms. The Hall–Kier alpha value is -2.88. The predicted octanol–water partition coefficient (Wildman–Crippen LogP) is 6.45. The van der Waals surface area contributed by atoms with Gasteiger partial charge in [0.25, 0.3) is 0 Å². The molecule has 4 rings (SSSR count). The summed E-state index contributed by atoms with van der Waals surface area (Å²) in [5.41, 5.74) is -0.538. The van der Waals surface area contributed by atoms with Crippen LogP contribution in [0.2, 0.25) is 5.02 Å². The van der Waals surface area contributed by atoms with Crippen LogP contribution in [0, 0.1) is 5.82 Å². The smallest absolute Gasteiger partial charge is 0.417 e. The second-order valence-corrected chi connectivity index (χ2v) is 10.1. The van der Waals surface area contributed by atoms with Gasteiger partial charge in [-0.05, 0) is 55.3 Å². The first-order valence-corrected chi connectivity index (χ1v) is 12.8. The Morgan fingerprint density at radius 1 is 1.08 bits per heavy atom. The summed E-state index contributed by atoms with van der Waals surface area (Å²) in [6.07, 6.45) is -2.89. The lowest BCUT2D eigenvalue weighted by Gasteiger charge is -2.45. The molecule has 2 aromatic carbocycles. The summed E-state index contributed by atoms with van der Waals surface area (Å²) < 4.78 is 58.2. The monoisotopic (exact) mass is 551 g/mol. The number of nitrogens with zero attached hydrogens (tertiary/aromatic N) is 3. The number of aliphatic hydroxyl groups is 1. The Morgan fingerprint density at radius 2 is 1.82 bits per heavy atom. The van der Waals surface area contributed by atoms with E-state index in [1.54, 1.807) is 18.2 Å². The molecule has 0 bridgehead atoms. The van der Waals surface area contributed by atoms with Crippen molar-refractivity contribution >= 4 is 17.3 Å². The maximum atomic E-state index is 13.7. The van der Waals surface area contributed by atoms with Crippen molar-refractivity contribution in [1.82, 2.24) is 9.88 Å². The summed E-state index contributed by atoms with van der Waals surface area (Å²) in [5, 5.41) is 11.7. The average Bonchev–Trinajstić information content (AvgIpc) is 2.87. The topological polar surface area (TPSA) is 48.8 Å². The normalized spacial score (nSPS) is 18.3. The molecular formula is C28H30ClF4N3O2. The van der Waals surface area contributed by atoms with Gasteiger partial charge in [-0.15, -0.1) is 0 Å². The third kappa shape index (κ3) is 6.57. The van der Waals surface area contributed by atoms with Crippen molar-refractivity contribution in [3.63, 3.8) is 0 Å². The molecular weight excluding hydrogens is 522 g/mol. The van der Waals surface area contributed by atoms with Gasteiger partial charge in [0.1, 0.15) is 17.2 Å². The molecule has 1 saturated heterocycles. The lowest BCUT2D eigenvalue weighted by atomic mass is 9.97. The highest BCUT2D eigenvalue weighted by atomic mass is 35.5. The number of hydrogen-bond acceptors (Lipinski definition) is 5. The fourth-order valence-electron chi connectivity index (χ4n) is 4.67. The molecule has 0 amide bonds. The number of halogens is 5. The second kappa shape index (κ2) is 11.5. The Bertz CT molecular complexity index is 1220. The molecule has 38 heavy (non-hydrogen) atoms. The minimum Gasteiger partial charge on any atom is -0.494 e. The van der Waals surface area contributed by atoms with Gasteiger partial charge < -0.3 is 14.7 Å². The SMILES string of the molecule is CCCOc1ccc(N2CCN(C[C@@](C)(O)c3ccc(C(F)(F)F)cn3)C[C@H]2c2ccc(F)cc2)c(Cl)c1. The fraction of sp³-hybridized carbons (Fsp3) is 0.393. The first-order valence-electron chi connectivity index (χ1n) is 12.4. The van der Waals surface area contributed by atoms with Crippen LogP contribution < -0.4 is 9.64 Å². The molecule has 0 unspecified atom stereocenters. The van der Waals surface area contributed by atoms with E-state index in [0.29, 0.717) is 37.0 Å². The molecule has 1 aliphatic heterocycles. The van der Waals surface area contributed by atoms with Gasteiger partial charge in [0.05, 0.1) is 34.6 Å². The Morgan fingerprint density at radius 3 is 2.42 bits per heavy atom. The summed E-state index contributed by atoms with van der Waals surface area (Å²) in [6.45, 7) is 5.86. The molecule has 1 aromatic heterocycles. The Kier molecular flexibility index (Phi) is 8.49. The fourth-order valence-corrected chi connectivity index (χ4v) is 4.95. The molecule has 1 N–H and O–H groups in total. The molecule has 1 aliphatic rings. The summed E-state index contributed by atoms with van der Waals surface area (Å²) in [5.74, 6) is 0.331. The van der Waals surface area contributed by atoms with Gasteiger partial charge in [-0.2, -0.15) is 13.2 Å². The quantitative estimate of drug-likeness (QED) is 0.326. The summed E-state index contributed by atoms with van der Waals surface area (Å²) in [7, 11) is 0. The van der Waals surface area contributed by atoms with E-state index in [0.717, 1.165) is 29.9 Å². The van der Waals surface area contributed by atoms with Crippen LogP contribution in [0.15, 0.2) is 60.8 Å². The van der Waals surface area contributed by atoms with Crippen LogP contribution in [0.1, 0.15) is 43.1 Å². The summed E-state index contributed by atoms with van der Waals surface area (Å²) in [6, 6.07) is 13.7. The average molecular weight is 552 g/mol. The van der Waals surface area contributed by atoms with Crippen molar-refractivity contribution in [2.24, 2.45) is 0 Å². The van der Waals surface area contributed by atoms with Crippen LogP contribution in [-0.4, -0.2) is 47.8 Å². The van der Waals surface area contributed by atoms with E-state index >= 15 is 0 Å². The van der Waals surface area contributed by atoms with Gasteiger partial charge >= 0.3 is 6.18 Å². The number of benzene rings is 2. The summed E-state index contributed by atoms with van der Waals surface area (Å²) in [4.78, 5) is 8.06. The highest BCUT2D eigenvalue weighted by Crippen LogP contribution is 2.38. The van der Waals surface area contributed by atoms with Gasteiger partial charge in [0, 0.05) is 38.4 Å². The number of pyridine rings is 1. The van der Waals surface area contributed by atoms with Gasteiger partial charge in [0.2, 0.25) is 0 Å². The number of β-amino-alcohol motifs (C(OH)–C–C–N with tert-alkyl or cyclic N) is 1. The minimum absolute atomic E-state index is 0.147. The van der Waals surface area contributed by atoms with Crippen molar-refractivity contribution in [3.8, 4) is 5.75 Å². The number of ether oxygens (including phenoxy) is 1. The van der Waals surface area contributed by atoms with E-state index in [9.17, 15) is 22.7 Å². The van der Waals surface area contributed by atoms with Crippen LogP contribution in [0.5, 0.6) is 5.75 Å². The second-order valence-electron chi connectivity index (χ2n) is 9.66. The van der Waals surface area contributed by atoms with E-state index < -0.39 is 17.3 Å². The van der Waals surface area contributed by atoms with Crippen molar-refractivity contribution < 1.29 is 27.4 Å². The molecule has 10 heteroatoms. The summed E-state index contributed by atoms with van der Waals surface area (Å²) >= 11 is 6.66. The zero-order valence-electron chi connectivity index (χ0n) is 21.2. The molecule has 2 atom stereocenters. The molecule has 0 saturated carbocycles. The highest BCUT2D eigenvalue weighted by molar-refractivity contribution is 6.33. The highest BCUT2D eigenvalue weighted by Gasteiger charge is 2.36. The van der Waals surface area contributed by atoms with Gasteiger partial charge in [0.15, 0.2) is 0 Å². The molecule has 1 fully saturated rings. The molecule has 0 aliphatic carbocycles. The minimum atomic E-state index is -4.50. The van der Waals surface area contributed by atoms with Gasteiger partial charge in [-0.3, -0.25) is 9.88 Å². The van der Waals surface area contributed by atoms with Crippen LogP contribution in [0.25, 0.3) is 0 Å². The number of alkyl halides is 3. The van der Waals surface area contributed by atoms with E-state index in [1.165, 1.54) is 25.1 Å². The van der Waals surface area contributed by atoms with E-state index in [1.807, 2.05) is 24.0 Å². The molecule has 0 radical (unpaired) electrons. The van der Waals surface area contributed by atoms with Crippen LogP contribution >= 0.6 is 11.6 Å². The Labute approximate surface area is 224 Å². The lowest BCUT2D eigenvalue weighted by Crippen LogP contribution is -2.52. The number of hydrogen-bond donors (Lipinski definition) is 1. The van der Waals surface area contributed by atoms with Crippen molar-refractivity contribution in [1.29, 1.82) is 0 Å². The van der Waals surface area contributed by atoms with E-state index in [2.05, 4.69) is 9.88 Å². The number of piperazine rings is 1. The first-order chi connectivity index (χ1) is 18.0. The van der Waals surface area contributed by atoms with Crippen molar-refractivity contribution in [2.75, 3.05) is 37.7 Å². The van der Waals surface area contributed by atoms with Gasteiger partial charge in [-0.1, -0.05) is 30.7 Å². The number of anilines is 1. The maximum Gasteiger partial charge on any atom is 0.417 e. The maximum absolute atomic E-state index is 13.7. The first kappa shape index (κ1) is 28.1. The van der Waals surface area contributed by atoms with E-state index in [-0.39, 0.29) is 24.1 Å². The largest absolute Gasteiger partial charge is 0.494 e. The van der Waals surface area contributed by atoms with Crippen LogP contribution in [0.3, 0.4) is 0 Å². The zero-order valence-corrected chi connectivity index (χ0v) is 21.9. The molecule has 5 nitrogen and oxygen atoms in total. The van der Waals surface area contributed by atoms with Crippen LogP contribution in [-0.2, 0) is 11.8 Å². The molecule has 3 aromatic rings. The Balaban J connectivity index is 1.57. The van der Waals surface area contributed by atoms with Crippen LogP contribution in [0.4, 0.5) is 23.2 Å². The molecule has 204 valence electrons.